The maximum absolute atomic E-state index is 13.5. The molecule has 1 aromatic carbocycles. The van der Waals surface area contributed by atoms with E-state index in [-0.39, 0.29) is 18.0 Å². The number of aryl methyl sites for hydroxylation is 1. The van der Waals surface area contributed by atoms with Crippen LogP contribution in [0.4, 0.5) is 4.39 Å². The van der Waals surface area contributed by atoms with Crippen LogP contribution in [0.3, 0.4) is 0 Å². The monoisotopic (exact) mass is 193 g/mol. The molecule has 0 N–H and O–H groups in total. The Morgan fingerprint density at radius 1 is 1.50 bits per heavy atom. The summed E-state index contributed by atoms with van der Waals surface area (Å²) in [5.74, 6) is -0.0954. The van der Waals surface area contributed by atoms with Crippen molar-refractivity contribution in [3.8, 4) is 11.8 Å². The zero-order valence-electron chi connectivity index (χ0n) is 8.52. The van der Waals surface area contributed by atoms with Crippen LogP contribution in [0.2, 0.25) is 0 Å². The van der Waals surface area contributed by atoms with Crippen LogP contribution in [0, 0.1) is 31.0 Å². The van der Waals surface area contributed by atoms with Gasteiger partial charge < -0.3 is 4.74 Å². The normalized spacial score (nSPS) is 9.64. The number of nitriles is 1. The van der Waals surface area contributed by atoms with Gasteiger partial charge in [0.2, 0.25) is 0 Å². The highest BCUT2D eigenvalue weighted by atomic mass is 19.1. The number of rotatable bonds is 2. The standard InChI is InChI=1S/C11H12FNO/c1-7-6-9(4-5-13)8(2)11(14-3)10(7)12/h6H,4H2,1-3H3. The van der Waals surface area contributed by atoms with Gasteiger partial charge in [0, 0.05) is 0 Å². The Labute approximate surface area is 82.9 Å². The van der Waals surface area contributed by atoms with Crippen LogP contribution < -0.4 is 4.74 Å². The van der Waals surface area contributed by atoms with E-state index in [0.29, 0.717) is 11.1 Å². The van der Waals surface area contributed by atoms with E-state index in [9.17, 15) is 4.39 Å². The Bertz CT molecular complexity index is 393. The predicted octanol–water partition coefficient (Wildman–Crippen LogP) is 2.52. The van der Waals surface area contributed by atoms with E-state index in [0.717, 1.165) is 5.56 Å². The predicted molar refractivity (Wildman–Crippen MR) is 51.7 cm³/mol. The summed E-state index contributed by atoms with van der Waals surface area (Å²) in [5, 5.41) is 8.58. The lowest BCUT2D eigenvalue weighted by Gasteiger charge is -2.11. The molecule has 0 saturated carbocycles. The third-order valence-corrected chi connectivity index (χ3v) is 2.23. The van der Waals surface area contributed by atoms with Crippen molar-refractivity contribution >= 4 is 0 Å². The number of halogens is 1. The number of nitrogens with zero attached hydrogens (tertiary/aromatic N) is 1. The van der Waals surface area contributed by atoms with E-state index in [2.05, 4.69) is 0 Å². The van der Waals surface area contributed by atoms with E-state index in [1.165, 1.54) is 7.11 Å². The maximum atomic E-state index is 13.5. The second kappa shape index (κ2) is 4.10. The van der Waals surface area contributed by atoms with Crippen molar-refractivity contribution in [2.45, 2.75) is 20.3 Å². The molecule has 0 saturated heterocycles. The van der Waals surface area contributed by atoms with Crippen molar-refractivity contribution in [3.05, 3.63) is 28.6 Å². The lowest BCUT2D eigenvalue weighted by Crippen LogP contribution is -1.99. The van der Waals surface area contributed by atoms with Crippen LogP contribution in [0.5, 0.6) is 5.75 Å². The molecule has 0 spiro atoms. The summed E-state index contributed by atoms with van der Waals surface area (Å²) in [6, 6.07) is 3.74. The Morgan fingerprint density at radius 3 is 2.64 bits per heavy atom. The Hall–Kier alpha value is -1.56. The Balaban J connectivity index is 3.36. The highest BCUT2D eigenvalue weighted by molar-refractivity contribution is 5.45. The van der Waals surface area contributed by atoms with Crippen LogP contribution in [-0.4, -0.2) is 7.11 Å². The molecule has 14 heavy (non-hydrogen) atoms. The van der Waals surface area contributed by atoms with E-state index >= 15 is 0 Å². The molecule has 0 bridgehead atoms. The van der Waals surface area contributed by atoms with Gasteiger partial charge in [-0.1, -0.05) is 6.07 Å². The third-order valence-electron chi connectivity index (χ3n) is 2.23. The summed E-state index contributed by atoms with van der Waals surface area (Å²) in [7, 11) is 1.43. The molecule has 0 unspecified atom stereocenters. The highest BCUT2D eigenvalue weighted by Crippen LogP contribution is 2.28. The molecule has 74 valence electrons. The summed E-state index contributed by atoms with van der Waals surface area (Å²) in [6.45, 7) is 3.42. The summed E-state index contributed by atoms with van der Waals surface area (Å²) in [5.41, 5.74) is 2.04. The topological polar surface area (TPSA) is 33.0 Å². The Kier molecular flexibility index (Phi) is 3.08. The summed E-state index contributed by atoms with van der Waals surface area (Å²) < 4.78 is 18.4. The largest absolute Gasteiger partial charge is 0.493 e. The van der Waals surface area contributed by atoms with Gasteiger partial charge in [0.1, 0.15) is 0 Å². The number of hydrogen-bond acceptors (Lipinski definition) is 2. The van der Waals surface area contributed by atoms with Gasteiger partial charge in [0.05, 0.1) is 19.6 Å². The van der Waals surface area contributed by atoms with Gasteiger partial charge in [-0.25, -0.2) is 4.39 Å². The van der Waals surface area contributed by atoms with Crippen molar-refractivity contribution < 1.29 is 9.13 Å². The molecule has 0 amide bonds. The fraction of sp³-hybridized carbons (Fsp3) is 0.364. The van der Waals surface area contributed by atoms with E-state index in [1.54, 1.807) is 19.9 Å². The second-order valence-corrected chi connectivity index (χ2v) is 3.16. The molecule has 0 heterocycles. The smallest absolute Gasteiger partial charge is 0.168 e. The first-order valence-electron chi connectivity index (χ1n) is 4.31. The first-order chi connectivity index (χ1) is 6.61. The molecule has 0 aliphatic heterocycles. The maximum Gasteiger partial charge on any atom is 0.168 e. The van der Waals surface area contributed by atoms with Gasteiger partial charge in [0.15, 0.2) is 11.6 Å². The van der Waals surface area contributed by atoms with Crippen LogP contribution in [-0.2, 0) is 6.42 Å². The first kappa shape index (κ1) is 10.5. The minimum absolute atomic E-state index is 0.246. The molecule has 0 atom stereocenters. The van der Waals surface area contributed by atoms with Crippen molar-refractivity contribution in [2.24, 2.45) is 0 Å². The minimum atomic E-state index is -0.341. The first-order valence-corrected chi connectivity index (χ1v) is 4.31. The highest BCUT2D eigenvalue weighted by Gasteiger charge is 2.13. The van der Waals surface area contributed by atoms with Crippen molar-refractivity contribution in [1.29, 1.82) is 5.26 Å². The molecule has 0 radical (unpaired) electrons. The molecular formula is C11H12FNO. The van der Waals surface area contributed by atoms with Crippen molar-refractivity contribution in [3.63, 3.8) is 0 Å². The fourth-order valence-electron chi connectivity index (χ4n) is 1.43. The van der Waals surface area contributed by atoms with Crippen LogP contribution in [0.15, 0.2) is 6.07 Å². The van der Waals surface area contributed by atoms with Crippen LogP contribution >= 0.6 is 0 Å². The van der Waals surface area contributed by atoms with E-state index in [1.807, 2.05) is 6.07 Å². The van der Waals surface area contributed by atoms with Crippen molar-refractivity contribution in [1.82, 2.24) is 0 Å². The van der Waals surface area contributed by atoms with E-state index < -0.39 is 0 Å². The lowest BCUT2D eigenvalue weighted by molar-refractivity contribution is 0.381. The van der Waals surface area contributed by atoms with Crippen LogP contribution in [0.1, 0.15) is 16.7 Å². The van der Waals surface area contributed by atoms with Gasteiger partial charge in [-0.05, 0) is 30.5 Å². The molecule has 0 aliphatic rings. The zero-order chi connectivity index (χ0) is 10.7. The number of ether oxygens (including phenoxy) is 1. The summed E-state index contributed by atoms with van der Waals surface area (Å²) in [6.07, 6.45) is 0.281. The second-order valence-electron chi connectivity index (χ2n) is 3.16. The van der Waals surface area contributed by atoms with Gasteiger partial charge in [0.25, 0.3) is 0 Å². The summed E-state index contributed by atoms with van der Waals surface area (Å²) >= 11 is 0. The molecule has 1 rings (SSSR count). The molecule has 3 heteroatoms. The zero-order valence-corrected chi connectivity index (χ0v) is 8.52. The molecule has 0 aromatic heterocycles. The fourth-order valence-corrected chi connectivity index (χ4v) is 1.43. The molecule has 0 fully saturated rings. The molecule has 0 aliphatic carbocycles. The van der Waals surface area contributed by atoms with E-state index in [4.69, 9.17) is 10.00 Å². The lowest BCUT2D eigenvalue weighted by atomic mass is 10.0. The Morgan fingerprint density at radius 2 is 2.14 bits per heavy atom. The van der Waals surface area contributed by atoms with Gasteiger partial charge in [-0.3, -0.25) is 0 Å². The molecular weight excluding hydrogens is 181 g/mol. The minimum Gasteiger partial charge on any atom is -0.493 e. The average Bonchev–Trinajstić information content (AvgIpc) is 2.16. The number of methoxy groups -OCH3 is 1. The van der Waals surface area contributed by atoms with Crippen LogP contribution in [0.25, 0.3) is 0 Å². The van der Waals surface area contributed by atoms with Gasteiger partial charge in [-0.2, -0.15) is 5.26 Å². The molecule has 2 nitrogen and oxygen atoms in total. The van der Waals surface area contributed by atoms with Gasteiger partial charge in [-0.15, -0.1) is 0 Å². The molecule has 1 aromatic rings. The van der Waals surface area contributed by atoms with Crippen molar-refractivity contribution in [2.75, 3.05) is 7.11 Å². The third kappa shape index (κ3) is 1.69. The number of benzene rings is 1. The quantitative estimate of drug-likeness (QED) is 0.723. The van der Waals surface area contributed by atoms with Gasteiger partial charge >= 0.3 is 0 Å². The average molecular weight is 193 g/mol. The SMILES string of the molecule is COc1c(C)c(CC#N)cc(C)c1F. The summed E-state index contributed by atoms with van der Waals surface area (Å²) in [4.78, 5) is 0. The number of hydrogen-bond donors (Lipinski definition) is 0.